The van der Waals surface area contributed by atoms with Crippen LogP contribution in [0.2, 0.25) is 0 Å². The van der Waals surface area contributed by atoms with Gasteiger partial charge in [-0.2, -0.15) is 0 Å². The third kappa shape index (κ3) is 2.78. The van der Waals surface area contributed by atoms with Gasteiger partial charge in [0.15, 0.2) is 0 Å². The van der Waals surface area contributed by atoms with E-state index >= 15 is 0 Å². The van der Waals surface area contributed by atoms with E-state index in [-0.39, 0.29) is 0 Å². The van der Waals surface area contributed by atoms with Crippen LogP contribution in [0.15, 0.2) is 0 Å². The SMILES string of the molecule is C1CCN(CCCNCC23CC4CC(CC(C4)C2)C3)C1. The van der Waals surface area contributed by atoms with Gasteiger partial charge < -0.3 is 10.2 Å². The lowest BCUT2D eigenvalue weighted by Crippen LogP contribution is -2.50. The summed E-state index contributed by atoms with van der Waals surface area (Å²) in [7, 11) is 0. The first-order chi connectivity index (χ1) is 9.81. The van der Waals surface area contributed by atoms with Crippen molar-refractivity contribution >= 4 is 0 Å². The molecule has 0 amide bonds. The normalized spacial score (nSPS) is 43.5. The van der Waals surface area contributed by atoms with Crippen molar-refractivity contribution in [1.82, 2.24) is 10.2 Å². The monoisotopic (exact) mass is 276 g/mol. The molecule has 1 N–H and O–H groups in total. The van der Waals surface area contributed by atoms with Crippen LogP contribution >= 0.6 is 0 Å². The molecule has 0 unspecified atom stereocenters. The van der Waals surface area contributed by atoms with Gasteiger partial charge in [0, 0.05) is 6.54 Å². The zero-order valence-electron chi connectivity index (χ0n) is 13.1. The molecule has 1 saturated heterocycles. The fourth-order valence-electron chi connectivity index (χ4n) is 6.29. The zero-order chi connectivity index (χ0) is 13.4. The van der Waals surface area contributed by atoms with Gasteiger partial charge in [-0.25, -0.2) is 0 Å². The van der Waals surface area contributed by atoms with Gasteiger partial charge in [0.05, 0.1) is 0 Å². The molecule has 0 radical (unpaired) electrons. The van der Waals surface area contributed by atoms with Crippen molar-refractivity contribution in [3.05, 3.63) is 0 Å². The summed E-state index contributed by atoms with van der Waals surface area (Å²) < 4.78 is 0. The van der Waals surface area contributed by atoms with Gasteiger partial charge in [-0.05, 0) is 107 Å². The minimum Gasteiger partial charge on any atom is -0.316 e. The summed E-state index contributed by atoms with van der Waals surface area (Å²) in [6, 6.07) is 0. The molecule has 4 bridgehead atoms. The summed E-state index contributed by atoms with van der Waals surface area (Å²) >= 11 is 0. The lowest BCUT2D eigenvalue weighted by molar-refractivity contribution is -0.0512. The van der Waals surface area contributed by atoms with E-state index in [1.165, 1.54) is 52.0 Å². The minimum absolute atomic E-state index is 0.725. The number of rotatable bonds is 6. The van der Waals surface area contributed by atoms with Crippen LogP contribution < -0.4 is 5.32 Å². The summed E-state index contributed by atoms with van der Waals surface area (Å²) in [5, 5.41) is 3.84. The summed E-state index contributed by atoms with van der Waals surface area (Å²) in [6.07, 6.45) is 13.6. The minimum atomic E-state index is 0.725. The number of nitrogens with one attached hydrogen (secondary N) is 1. The Morgan fingerprint density at radius 3 is 2.10 bits per heavy atom. The lowest BCUT2D eigenvalue weighted by atomic mass is 9.49. The molecule has 114 valence electrons. The molecule has 5 rings (SSSR count). The van der Waals surface area contributed by atoms with Crippen molar-refractivity contribution in [2.45, 2.75) is 57.8 Å². The molecule has 5 fully saturated rings. The Labute approximate surface area is 124 Å². The molecule has 20 heavy (non-hydrogen) atoms. The molecular formula is C18H32N2. The Morgan fingerprint density at radius 2 is 1.50 bits per heavy atom. The maximum atomic E-state index is 3.84. The number of nitrogens with zero attached hydrogens (tertiary/aromatic N) is 1. The molecule has 2 heteroatoms. The van der Waals surface area contributed by atoms with Crippen LogP contribution in [0.5, 0.6) is 0 Å². The Balaban J connectivity index is 1.19. The maximum absolute atomic E-state index is 3.84. The van der Waals surface area contributed by atoms with Crippen LogP contribution in [-0.4, -0.2) is 37.6 Å². The third-order valence-corrected chi connectivity index (χ3v) is 6.69. The number of likely N-dealkylation sites (tertiary alicyclic amines) is 1. The van der Waals surface area contributed by atoms with Crippen molar-refractivity contribution < 1.29 is 0 Å². The molecule has 0 aromatic carbocycles. The number of hydrogen-bond acceptors (Lipinski definition) is 2. The molecule has 0 aromatic heterocycles. The first kappa shape index (κ1) is 13.6. The Morgan fingerprint density at radius 1 is 0.900 bits per heavy atom. The summed E-state index contributed by atoms with van der Waals surface area (Å²) in [6.45, 7) is 6.62. The quantitative estimate of drug-likeness (QED) is 0.749. The van der Waals surface area contributed by atoms with Gasteiger partial charge >= 0.3 is 0 Å². The van der Waals surface area contributed by atoms with Crippen molar-refractivity contribution in [2.75, 3.05) is 32.7 Å². The largest absolute Gasteiger partial charge is 0.316 e. The lowest BCUT2D eigenvalue weighted by Gasteiger charge is -2.57. The first-order valence-electron chi connectivity index (χ1n) is 9.24. The van der Waals surface area contributed by atoms with E-state index in [1.54, 1.807) is 38.5 Å². The molecule has 5 aliphatic rings. The Hall–Kier alpha value is -0.0800. The van der Waals surface area contributed by atoms with Crippen LogP contribution in [0.1, 0.15) is 57.8 Å². The smallest absolute Gasteiger partial charge is 0.000812 e. The highest BCUT2D eigenvalue weighted by molar-refractivity contribution is 5.02. The Bertz CT molecular complexity index is 297. The van der Waals surface area contributed by atoms with Gasteiger partial charge in [0.1, 0.15) is 0 Å². The Kier molecular flexibility index (Phi) is 3.80. The molecular weight excluding hydrogens is 244 g/mol. The zero-order valence-corrected chi connectivity index (χ0v) is 13.1. The highest BCUT2D eigenvalue weighted by Crippen LogP contribution is 2.59. The van der Waals surface area contributed by atoms with E-state index < -0.39 is 0 Å². The van der Waals surface area contributed by atoms with E-state index in [0.29, 0.717) is 0 Å². The summed E-state index contributed by atoms with van der Waals surface area (Å²) in [5.74, 6) is 3.31. The molecule has 4 aliphatic carbocycles. The van der Waals surface area contributed by atoms with Crippen LogP contribution in [0.3, 0.4) is 0 Å². The van der Waals surface area contributed by atoms with Crippen LogP contribution in [0.4, 0.5) is 0 Å². The average molecular weight is 276 g/mol. The predicted octanol–water partition coefficient (Wildman–Crippen LogP) is 3.28. The van der Waals surface area contributed by atoms with Gasteiger partial charge in [0.25, 0.3) is 0 Å². The first-order valence-corrected chi connectivity index (χ1v) is 9.24. The topological polar surface area (TPSA) is 15.3 Å². The van der Waals surface area contributed by atoms with Crippen molar-refractivity contribution in [1.29, 1.82) is 0 Å². The standard InChI is InChI=1S/C18H32N2/c1-2-6-20(5-1)7-3-4-19-14-18-11-15-8-16(12-18)10-17(9-15)13-18/h15-17,19H,1-14H2. The second kappa shape index (κ2) is 5.61. The van der Waals surface area contributed by atoms with Crippen molar-refractivity contribution in [3.63, 3.8) is 0 Å². The van der Waals surface area contributed by atoms with Gasteiger partial charge in [-0.3, -0.25) is 0 Å². The second-order valence-electron chi connectivity index (χ2n) is 8.50. The third-order valence-electron chi connectivity index (χ3n) is 6.69. The van der Waals surface area contributed by atoms with E-state index in [1.807, 2.05) is 0 Å². The molecule has 0 atom stereocenters. The van der Waals surface area contributed by atoms with Gasteiger partial charge in [-0.15, -0.1) is 0 Å². The maximum Gasteiger partial charge on any atom is 0.000812 e. The van der Waals surface area contributed by atoms with Gasteiger partial charge in [0.2, 0.25) is 0 Å². The van der Waals surface area contributed by atoms with Crippen molar-refractivity contribution in [2.24, 2.45) is 23.2 Å². The summed E-state index contributed by atoms with van der Waals surface area (Å²) in [5.41, 5.74) is 0.725. The average Bonchev–Trinajstić information content (AvgIpc) is 2.89. The fourth-order valence-corrected chi connectivity index (χ4v) is 6.29. The predicted molar refractivity (Wildman–Crippen MR) is 83.8 cm³/mol. The van der Waals surface area contributed by atoms with Crippen LogP contribution in [0.25, 0.3) is 0 Å². The highest BCUT2D eigenvalue weighted by Gasteiger charge is 2.50. The second-order valence-corrected chi connectivity index (χ2v) is 8.50. The molecule has 2 nitrogen and oxygen atoms in total. The highest BCUT2D eigenvalue weighted by atomic mass is 15.1. The molecule has 4 saturated carbocycles. The molecule has 1 aliphatic heterocycles. The fraction of sp³-hybridized carbons (Fsp3) is 1.00. The van der Waals surface area contributed by atoms with E-state index in [0.717, 1.165) is 23.2 Å². The van der Waals surface area contributed by atoms with Crippen LogP contribution in [0, 0.1) is 23.2 Å². The molecule has 1 heterocycles. The molecule has 0 spiro atoms. The van der Waals surface area contributed by atoms with E-state index in [4.69, 9.17) is 0 Å². The van der Waals surface area contributed by atoms with Gasteiger partial charge in [-0.1, -0.05) is 0 Å². The van der Waals surface area contributed by atoms with Crippen LogP contribution in [-0.2, 0) is 0 Å². The number of hydrogen-bond donors (Lipinski definition) is 1. The van der Waals surface area contributed by atoms with Crippen molar-refractivity contribution in [3.8, 4) is 0 Å². The van der Waals surface area contributed by atoms with E-state index in [2.05, 4.69) is 10.2 Å². The molecule has 0 aromatic rings. The van der Waals surface area contributed by atoms with E-state index in [9.17, 15) is 0 Å². The summed E-state index contributed by atoms with van der Waals surface area (Å²) in [4.78, 5) is 2.65.